The Kier molecular flexibility index (Phi) is 8.26. The lowest BCUT2D eigenvalue weighted by molar-refractivity contribution is -0.124. The number of carbonyl (C=O) groups is 2. The summed E-state index contributed by atoms with van der Waals surface area (Å²) < 4.78 is 5.28. The van der Waals surface area contributed by atoms with Gasteiger partial charge in [-0.2, -0.15) is 10.2 Å². The van der Waals surface area contributed by atoms with E-state index in [2.05, 4.69) is 26.2 Å². The second kappa shape index (κ2) is 10.9. The molecule has 3 N–H and O–H groups in total. The minimum atomic E-state index is -0.410. The topological polar surface area (TPSA) is 104 Å². The molecule has 148 valence electrons. The summed E-state index contributed by atoms with van der Waals surface area (Å²) in [7, 11) is 3.53. The van der Waals surface area contributed by atoms with E-state index in [0.717, 1.165) is 11.4 Å². The van der Waals surface area contributed by atoms with Gasteiger partial charge in [0, 0.05) is 18.4 Å². The van der Waals surface area contributed by atoms with Crippen LogP contribution in [0.1, 0.15) is 6.92 Å². The number of nitrogens with one attached hydrogen (secondary N) is 3. The molecule has 0 aromatic heterocycles. The van der Waals surface area contributed by atoms with E-state index in [4.69, 9.17) is 4.74 Å². The van der Waals surface area contributed by atoms with E-state index in [9.17, 15) is 9.59 Å². The van der Waals surface area contributed by atoms with Gasteiger partial charge in [0.1, 0.15) is 12.4 Å². The Balaban J connectivity index is 1.82. The number of azo groups is 1. The first-order chi connectivity index (χ1) is 13.5. The molecule has 1 unspecified atom stereocenters. The first kappa shape index (κ1) is 21.2. The predicted molar refractivity (Wildman–Crippen MR) is 110 cm³/mol. The summed E-state index contributed by atoms with van der Waals surface area (Å²) in [6, 6.07) is 14.2. The van der Waals surface area contributed by atoms with Crippen LogP contribution in [-0.4, -0.2) is 45.0 Å². The van der Waals surface area contributed by atoms with Crippen LogP contribution in [0.5, 0.6) is 0 Å². The Labute approximate surface area is 164 Å². The van der Waals surface area contributed by atoms with Gasteiger partial charge in [0.05, 0.1) is 24.0 Å². The number of ether oxygens (including phenoxy) is 1. The fraction of sp³-hybridized carbons (Fsp3) is 0.300. The molecule has 0 saturated carbocycles. The smallest absolute Gasteiger partial charge is 0.250 e. The molecule has 0 bridgehead atoms. The zero-order valence-electron chi connectivity index (χ0n) is 16.2. The summed E-state index contributed by atoms with van der Waals surface area (Å²) in [5, 5.41) is 17.0. The maximum Gasteiger partial charge on any atom is 0.250 e. The summed E-state index contributed by atoms with van der Waals surface area (Å²) in [6.45, 7) is 1.49. The number of Topliss-reactive ketones (excluding diaryl/α,β-unsaturated/α-hetero) is 1. The van der Waals surface area contributed by atoms with Crippen molar-refractivity contribution in [1.82, 2.24) is 5.32 Å². The standard InChI is InChI=1S/C20H25N5O3/c1-14(26)19(22-3)12-28-13-20(27)23-16-6-10-18(11-7-16)25-24-17-8-4-15(21-2)5-9-17/h4-11,19,21-22H,12-13H2,1-3H3,(H,23,27)/b25-24+. The molecule has 1 atom stereocenters. The summed E-state index contributed by atoms with van der Waals surface area (Å²) in [4.78, 5) is 23.2. The van der Waals surface area contributed by atoms with Gasteiger partial charge in [-0.25, -0.2) is 0 Å². The highest BCUT2D eigenvalue weighted by atomic mass is 16.5. The lowest BCUT2D eigenvalue weighted by Gasteiger charge is -2.12. The number of amides is 1. The minimum Gasteiger partial charge on any atom is -0.388 e. The monoisotopic (exact) mass is 383 g/mol. The summed E-state index contributed by atoms with van der Waals surface area (Å²) in [6.07, 6.45) is 0. The maximum atomic E-state index is 11.9. The van der Waals surface area contributed by atoms with E-state index in [1.165, 1.54) is 6.92 Å². The zero-order chi connectivity index (χ0) is 20.4. The molecule has 2 aromatic carbocycles. The number of carbonyl (C=O) groups excluding carboxylic acids is 2. The number of rotatable bonds is 10. The SMILES string of the molecule is CNc1ccc(/N=N/c2ccc(NC(=O)COCC(NC)C(C)=O)cc2)cc1. The van der Waals surface area contributed by atoms with Gasteiger partial charge >= 0.3 is 0 Å². The number of benzene rings is 2. The highest BCUT2D eigenvalue weighted by molar-refractivity contribution is 5.91. The van der Waals surface area contributed by atoms with Crippen molar-refractivity contribution >= 4 is 34.4 Å². The Morgan fingerprint density at radius 1 is 0.929 bits per heavy atom. The van der Waals surface area contributed by atoms with Crippen molar-refractivity contribution in [2.24, 2.45) is 10.2 Å². The van der Waals surface area contributed by atoms with Crippen molar-refractivity contribution in [1.29, 1.82) is 0 Å². The molecular formula is C20H25N5O3. The molecule has 0 fully saturated rings. The average molecular weight is 383 g/mol. The van der Waals surface area contributed by atoms with Crippen LogP contribution in [0.4, 0.5) is 22.7 Å². The number of likely N-dealkylation sites (N-methyl/N-ethyl adjacent to an activating group) is 1. The number of ketones is 1. The quantitative estimate of drug-likeness (QED) is 0.546. The highest BCUT2D eigenvalue weighted by Crippen LogP contribution is 2.21. The number of hydrogen-bond donors (Lipinski definition) is 3. The van der Waals surface area contributed by atoms with Gasteiger partial charge in [-0.1, -0.05) is 0 Å². The fourth-order valence-electron chi connectivity index (χ4n) is 2.29. The van der Waals surface area contributed by atoms with Gasteiger partial charge in [0.25, 0.3) is 0 Å². The van der Waals surface area contributed by atoms with Crippen LogP contribution in [-0.2, 0) is 14.3 Å². The van der Waals surface area contributed by atoms with Crippen LogP contribution in [0.3, 0.4) is 0 Å². The van der Waals surface area contributed by atoms with Crippen molar-refractivity contribution in [2.45, 2.75) is 13.0 Å². The van der Waals surface area contributed by atoms with Crippen LogP contribution >= 0.6 is 0 Å². The molecule has 8 heteroatoms. The Hall–Kier alpha value is -3.10. The van der Waals surface area contributed by atoms with Crippen LogP contribution in [0.15, 0.2) is 58.8 Å². The van der Waals surface area contributed by atoms with Gasteiger partial charge < -0.3 is 20.7 Å². The van der Waals surface area contributed by atoms with E-state index in [0.29, 0.717) is 11.4 Å². The van der Waals surface area contributed by atoms with Crippen molar-refractivity contribution in [3.63, 3.8) is 0 Å². The molecule has 28 heavy (non-hydrogen) atoms. The van der Waals surface area contributed by atoms with Gasteiger partial charge in [0.15, 0.2) is 0 Å². The summed E-state index contributed by atoms with van der Waals surface area (Å²) in [5.74, 6) is -0.331. The molecule has 0 radical (unpaired) electrons. The van der Waals surface area contributed by atoms with Gasteiger partial charge in [-0.05, 0) is 62.5 Å². The third-order valence-electron chi connectivity index (χ3n) is 3.94. The molecule has 0 spiro atoms. The Bertz CT molecular complexity index is 804. The van der Waals surface area contributed by atoms with Crippen LogP contribution in [0.2, 0.25) is 0 Å². The molecule has 0 aliphatic carbocycles. The predicted octanol–water partition coefficient (Wildman–Crippen LogP) is 3.28. The molecule has 2 aromatic rings. The molecule has 2 rings (SSSR count). The van der Waals surface area contributed by atoms with E-state index >= 15 is 0 Å². The highest BCUT2D eigenvalue weighted by Gasteiger charge is 2.12. The van der Waals surface area contributed by atoms with Crippen molar-refractivity contribution in [3.05, 3.63) is 48.5 Å². The first-order valence-corrected chi connectivity index (χ1v) is 8.86. The lowest BCUT2D eigenvalue weighted by Crippen LogP contribution is -2.37. The van der Waals surface area contributed by atoms with Crippen LogP contribution in [0, 0.1) is 0 Å². The maximum absolute atomic E-state index is 11.9. The second-order valence-electron chi connectivity index (χ2n) is 6.06. The summed E-state index contributed by atoms with van der Waals surface area (Å²) in [5.41, 5.74) is 3.05. The molecule has 1 amide bonds. The number of anilines is 2. The Morgan fingerprint density at radius 3 is 1.93 bits per heavy atom. The van der Waals surface area contributed by atoms with E-state index in [-0.39, 0.29) is 24.9 Å². The second-order valence-corrected chi connectivity index (χ2v) is 6.06. The van der Waals surface area contributed by atoms with E-state index in [1.807, 2.05) is 31.3 Å². The summed E-state index contributed by atoms with van der Waals surface area (Å²) >= 11 is 0. The molecule has 8 nitrogen and oxygen atoms in total. The molecule has 0 aliphatic rings. The van der Waals surface area contributed by atoms with Crippen LogP contribution in [0.25, 0.3) is 0 Å². The third kappa shape index (κ3) is 6.90. The van der Waals surface area contributed by atoms with Crippen molar-refractivity contribution in [2.75, 3.05) is 37.9 Å². The Morgan fingerprint density at radius 2 is 1.46 bits per heavy atom. The minimum absolute atomic E-state index is 0.0364. The van der Waals surface area contributed by atoms with Crippen LogP contribution < -0.4 is 16.0 Å². The lowest BCUT2D eigenvalue weighted by atomic mass is 10.2. The number of nitrogens with zero attached hydrogens (tertiary/aromatic N) is 2. The van der Waals surface area contributed by atoms with Crippen molar-refractivity contribution < 1.29 is 14.3 Å². The van der Waals surface area contributed by atoms with Crippen molar-refractivity contribution in [3.8, 4) is 0 Å². The van der Waals surface area contributed by atoms with Gasteiger partial charge in [-0.15, -0.1) is 0 Å². The first-order valence-electron chi connectivity index (χ1n) is 8.86. The van der Waals surface area contributed by atoms with E-state index in [1.54, 1.807) is 31.3 Å². The molecular weight excluding hydrogens is 358 g/mol. The molecule has 0 aliphatic heterocycles. The molecule has 0 saturated heterocycles. The average Bonchev–Trinajstić information content (AvgIpc) is 2.71. The van der Waals surface area contributed by atoms with Gasteiger partial charge in [-0.3, -0.25) is 9.59 Å². The number of hydrogen-bond acceptors (Lipinski definition) is 7. The normalized spacial score (nSPS) is 12.0. The van der Waals surface area contributed by atoms with E-state index < -0.39 is 6.04 Å². The molecule has 0 heterocycles. The van der Waals surface area contributed by atoms with Gasteiger partial charge in [0.2, 0.25) is 5.91 Å². The zero-order valence-corrected chi connectivity index (χ0v) is 16.2. The fourth-order valence-corrected chi connectivity index (χ4v) is 2.29. The largest absolute Gasteiger partial charge is 0.388 e. The third-order valence-corrected chi connectivity index (χ3v) is 3.94.